The van der Waals surface area contributed by atoms with Crippen LogP contribution in [-0.4, -0.2) is 49.1 Å². The lowest BCUT2D eigenvalue weighted by Gasteiger charge is -2.19. The molecule has 0 aliphatic carbocycles. The van der Waals surface area contributed by atoms with E-state index >= 15 is 0 Å². The molecule has 1 unspecified atom stereocenters. The molecule has 15 heavy (non-hydrogen) atoms. The van der Waals surface area contributed by atoms with E-state index in [9.17, 15) is 18.0 Å². The molecule has 0 aromatic heterocycles. The summed E-state index contributed by atoms with van der Waals surface area (Å²) >= 11 is 3.03. The Hall–Kier alpha value is -0.300. The average molecular weight is 292 g/mol. The molecule has 1 atom stereocenters. The van der Waals surface area contributed by atoms with Crippen molar-refractivity contribution in [3.63, 3.8) is 0 Å². The van der Waals surface area contributed by atoms with Gasteiger partial charge >= 0.3 is 12.1 Å². The number of hydrogen-bond donors (Lipinski definition) is 0. The van der Waals surface area contributed by atoms with Crippen molar-refractivity contribution in [2.45, 2.75) is 17.4 Å². The molecule has 0 amide bonds. The van der Waals surface area contributed by atoms with Gasteiger partial charge in [0.2, 0.25) is 0 Å². The van der Waals surface area contributed by atoms with Gasteiger partial charge in [-0.2, -0.15) is 13.2 Å². The molecule has 0 aromatic carbocycles. The second-order valence-electron chi connectivity index (χ2n) is 3.12. The largest absolute Gasteiger partial charge is 0.468 e. The molecule has 0 aromatic rings. The fraction of sp³-hybridized carbons (Fsp3) is 0.875. The van der Waals surface area contributed by atoms with E-state index in [1.165, 1.54) is 19.1 Å². The van der Waals surface area contributed by atoms with Crippen LogP contribution in [0.4, 0.5) is 13.2 Å². The third kappa shape index (κ3) is 7.61. The summed E-state index contributed by atoms with van der Waals surface area (Å²) in [6.45, 7) is 0.0470. The molecule has 0 spiro atoms. The Labute approximate surface area is 94.7 Å². The fourth-order valence-corrected chi connectivity index (χ4v) is 1.57. The maximum Gasteiger partial charge on any atom is 0.390 e. The smallest absolute Gasteiger partial charge is 0.390 e. The van der Waals surface area contributed by atoms with Gasteiger partial charge in [-0.05, 0) is 7.05 Å². The highest BCUT2D eigenvalue weighted by Crippen LogP contribution is 2.19. The Kier molecular flexibility index (Phi) is 6.19. The number of halogens is 4. The van der Waals surface area contributed by atoms with Crippen molar-refractivity contribution in [2.75, 3.05) is 27.2 Å². The number of alkyl halides is 4. The van der Waals surface area contributed by atoms with Gasteiger partial charge in [0, 0.05) is 13.1 Å². The third-order valence-corrected chi connectivity index (χ3v) is 2.37. The Bertz CT molecular complexity index is 211. The second-order valence-corrected chi connectivity index (χ2v) is 4.22. The predicted molar refractivity (Wildman–Crippen MR) is 52.9 cm³/mol. The van der Waals surface area contributed by atoms with Crippen molar-refractivity contribution < 1.29 is 22.7 Å². The number of nitrogens with zero attached hydrogens (tertiary/aromatic N) is 1. The van der Waals surface area contributed by atoms with Crippen LogP contribution in [0.3, 0.4) is 0 Å². The van der Waals surface area contributed by atoms with E-state index in [0.717, 1.165) is 0 Å². The summed E-state index contributed by atoms with van der Waals surface area (Å²) in [6.07, 6.45) is -5.05. The molecule has 0 heterocycles. The lowest BCUT2D eigenvalue weighted by molar-refractivity contribution is -0.140. The van der Waals surface area contributed by atoms with Crippen LogP contribution in [0.5, 0.6) is 0 Å². The lowest BCUT2D eigenvalue weighted by Crippen LogP contribution is -2.33. The molecule has 0 radical (unpaired) electrons. The van der Waals surface area contributed by atoms with Gasteiger partial charge in [0.05, 0.1) is 13.5 Å². The van der Waals surface area contributed by atoms with Crippen molar-refractivity contribution in [3.8, 4) is 0 Å². The summed E-state index contributed by atoms with van der Waals surface area (Å²) in [4.78, 5) is 11.8. The molecule has 7 heteroatoms. The van der Waals surface area contributed by atoms with E-state index in [1.807, 2.05) is 0 Å². The van der Waals surface area contributed by atoms with Gasteiger partial charge in [-0.15, -0.1) is 0 Å². The first-order valence-corrected chi connectivity index (χ1v) is 5.15. The second kappa shape index (κ2) is 6.32. The van der Waals surface area contributed by atoms with E-state index in [0.29, 0.717) is 0 Å². The number of esters is 1. The van der Waals surface area contributed by atoms with Crippen molar-refractivity contribution in [3.05, 3.63) is 0 Å². The summed E-state index contributed by atoms with van der Waals surface area (Å²) < 4.78 is 40.0. The highest BCUT2D eigenvalue weighted by Gasteiger charge is 2.27. The Morgan fingerprint density at radius 1 is 1.53 bits per heavy atom. The normalized spacial score (nSPS) is 14.1. The van der Waals surface area contributed by atoms with Crippen LogP contribution in [0.1, 0.15) is 6.42 Å². The zero-order valence-corrected chi connectivity index (χ0v) is 10.1. The van der Waals surface area contributed by atoms with Crippen LogP contribution in [-0.2, 0) is 9.53 Å². The minimum absolute atomic E-state index is 0.136. The van der Waals surface area contributed by atoms with E-state index in [2.05, 4.69) is 20.7 Å². The maximum absolute atomic E-state index is 11.8. The molecule has 0 fully saturated rings. The van der Waals surface area contributed by atoms with Crippen molar-refractivity contribution in [1.29, 1.82) is 0 Å². The third-order valence-electron chi connectivity index (χ3n) is 1.71. The molecule has 3 nitrogen and oxygen atoms in total. The van der Waals surface area contributed by atoms with Gasteiger partial charge in [-0.1, -0.05) is 15.9 Å². The first-order valence-electron chi connectivity index (χ1n) is 4.23. The Morgan fingerprint density at radius 3 is 2.47 bits per heavy atom. The summed E-state index contributed by atoms with van der Waals surface area (Å²) in [5.74, 6) is -0.492. The monoisotopic (exact) mass is 291 g/mol. The number of rotatable bonds is 5. The van der Waals surface area contributed by atoms with E-state index < -0.39 is 23.4 Å². The maximum atomic E-state index is 11.8. The average Bonchev–Trinajstić information content (AvgIpc) is 2.12. The van der Waals surface area contributed by atoms with Crippen LogP contribution < -0.4 is 0 Å². The number of methoxy groups -OCH3 is 1. The minimum atomic E-state index is -4.17. The van der Waals surface area contributed by atoms with Crippen molar-refractivity contribution in [1.82, 2.24) is 4.90 Å². The molecule has 0 saturated carbocycles. The van der Waals surface area contributed by atoms with E-state index in [4.69, 9.17) is 0 Å². The zero-order chi connectivity index (χ0) is 12.1. The summed E-state index contributed by atoms with van der Waals surface area (Å²) in [7, 11) is 2.75. The molecule has 0 aliphatic rings. The zero-order valence-electron chi connectivity index (χ0n) is 8.47. The standard InChI is InChI=1S/C8H13BrF3NO2/c1-13(4-3-8(10,11)12)5-6(9)7(14)15-2/h6H,3-5H2,1-2H3. The highest BCUT2D eigenvalue weighted by atomic mass is 79.9. The molecular formula is C8H13BrF3NO2. The van der Waals surface area contributed by atoms with Crippen LogP contribution in [0.25, 0.3) is 0 Å². The SMILES string of the molecule is COC(=O)C(Br)CN(C)CCC(F)(F)F. The number of hydrogen-bond acceptors (Lipinski definition) is 3. The fourth-order valence-electron chi connectivity index (χ4n) is 0.885. The molecule has 0 aliphatic heterocycles. The quantitative estimate of drug-likeness (QED) is 0.572. The van der Waals surface area contributed by atoms with Gasteiger partial charge in [-0.25, -0.2) is 0 Å². The number of carbonyl (C=O) groups excluding carboxylic acids is 1. The van der Waals surface area contributed by atoms with E-state index in [-0.39, 0.29) is 13.1 Å². The predicted octanol–water partition coefficient (Wildman–Crippen LogP) is 1.81. The topological polar surface area (TPSA) is 29.5 Å². The molecule has 0 saturated heterocycles. The highest BCUT2D eigenvalue weighted by molar-refractivity contribution is 9.10. The number of ether oxygens (including phenoxy) is 1. The van der Waals surface area contributed by atoms with Crippen LogP contribution >= 0.6 is 15.9 Å². The molecular weight excluding hydrogens is 279 g/mol. The first-order chi connectivity index (χ1) is 6.76. The van der Waals surface area contributed by atoms with Crippen molar-refractivity contribution in [2.24, 2.45) is 0 Å². The molecule has 0 bridgehead atoms. The molecule has 0 rings (SSSR count). The van der Waals surface area contributed by atoms with Crippen LogP contribution in [0.2, 0.25) is 0 Å². The van der Waals surface area contributed by atoms with Crippen molar-refractivity contribution >= 4 is 21.9 Å². The minimum Gasteiger partial charge on any atom is -0.468 e. The summed E-state index contributed by atoms with van der Waals surface area (Å²) in [5.41, 5.74) is 0. The van der Waals surface area contributed by atoms with Crippen LogP contribution in [0, 0.1) is 0 Å². The molecule has 0 N–H and O–H groups in total. The Balaban J connectivity index is 3.83. The van der Waals surface area contributed by atoms with Gasteiger partial charge in [-0.3, -0.25) is 4.79 Å². The first kappa shape index (κ1) is 14.7. The lowest BCUT2D eigenvalue weighted by atomic mass is 10.3. The van der Waals surface area contributed by atoms with E-state index in [1.54, 1.807) is 0 Å². The van der Waals surface area contributed by atoms with Gasteiger partial charge in [0.15, 0.2) is 0 Å². The van der Waals surface area contributed by atoms with Gasteiger partial charge in [0.25, 0.3) is 0 Å². The molecule has 90 valence electrons. The van der Waals surface area contributed by atoms with Crippen LogP contribution in [0.15, 0.2) is 0 Å². The Morgan fingerprint density at radius 2 is 2.07 bits per heavy atom. The summed E-state index contributed by atoms with van der Waals surface area (Å²) in [6, 6.07) is 0. The number of carbonyl (C=O) groups is 1. The summed E-state index contributed by atoms with van der Waals surface area (Å²) in [5, 5.41) is 0. The van der Waals surface area contributed by atoms with Gasteiger partial charge in [0.1, 0.15) is 4.83 Å². The van der Waals surface area contributed by atoms with Gasteiger partial charge < -0.3 is 9.64 Å².